The Kier molecular flexibility index (Phi) is 4.90. The average Bonchev–Trinajstić information content (AvgIpc) is 2.83. The van der Waals surface area contributed by atoms with Gasteiger partial charge in [-0.3, -0.25) is 14.5 Å². The minimum Gasteiger partial charge on any atom is -0.461 e. The summed E-state index contributed by atoms with van der Waals surface area (Å²) in [7, 11) is 2.15. The molecule has 1 atom stereocenters. The van der Waals surface area contributed by atoms with Gasteiger partial charge < -0.3 is 9.64 Å². The van der Waals surface area contributed by atoms with Gasteiger partial charge in [0.1, 0.15) is 6.61 Å². The summed E-state index contributed by atoms with van der Waals surface area (Å²) < 4.78 is 5.11. The first-order valence-electron chi connectivity index (χ1n) is 8.39. The Morgan fingerprint density at radius 2 is 1.87 bits per heavy atom. The molecule has 2 saturated heterocycles. The van der Waals surface area contributed by atoms with E-state index in [0.717, 1.165) is 12.8 Å². The van der Waals surface area contributed by atoms with Gasteiger partial charge in [-0.25, -0.2) is 0 Å². The summed E-state index contributed by atoms with van der Waals surface area (Å²) in [6.07, 6.45) is 3.66. The van der Waals surface area contributed by atoms with E-state index in [1.807, 2.05) is 4.90 Å². The summed E-state index contributed by atoms with van der Waals surface area (Å²) in [6, 6.07) is 0.181. The SMILES string of the molecule is C=CCOC(=O)C1CC(=O)N(C2CC(C)(C)N(C)C(C)(C)C2)C1. The molecule has 0 spiro atoms. The first kappa shape index (κ1) is 18.0. The van der Waals surface area contributed by atoms with Crippen molar-refractivity contribution in [3.05, 3.63) is 12.7 Å². The minimum absolute atomic E-state index is 0.0220. The van der Waals surface area contributed by atoms with E-state index in [9.17, 15) is 9.59 Å². The molecule has 5 heteroatoms. The number of carbonyl (C=O) groups is 2. The third kappa shape index (κ3) is 3.60. The van der Waals surface area contributed by atoms with Crippen molar-refractivity contribution < 1.29 is 14.3 Å². The van der Waals surface area contributed by atoms with Crippen molar-refractivity contribution in [3.63, 3.8) is 0 Å². The third-order valence-corrected chi connectivity index (χ3v) is 5.56. The number of rotatable bonds is 4. The maximum absolute atomic E-state index is 12.5. The van der Waals surface area contributed by atoms with Gasteiger partial charge in [-0.2, -0.15) is 0 Å². The minimum atomic E-state index is -0.340. The van der Waals surface area contributed by atoms with Gasteiger partial charge in [0.05, 0.1) is 5.92 Å². The zero-order valence-corrected chi connectivity index (χ0v) is 15.1. The Morgan fingerprint density at radius 3 is 2.39 bits per heavy atom. The fraction of sp³-hybridized carbons (Fsp3) is 0.778. The quantitative estimate of drug-likeness (QED) is 0.588. The molecule has 0 bridgehead atoms. The van der Waals surface area contributed by atoms with Crippen molar-refractivity contribution in [1.82, 2.24) is 9.80 Å². The molecule has 0 saturated carbocycles. The topological polar surface area (TPSA) is 49.9 Å². The molecular weight excluding hydrogens is 292 g/mol. The number of esters is 1. The first-order chi connectivity index (χ1) is 10.6. The van der Waals surface area contributed by atoms with Crippen LogP contribution in [0.3, 0.4) is 0 Å². The van der Waals surface area contributed by atoms with E-state index in [-0.39, 0.29) is 47.9 Å². The number of nitrogens with zero attached hydrogens (tertiary/aromatic N) is 2. The van der Waals surface area contributed by atoms with E-state index in [2.05, 4.69) is 46.2 Å². The van der Waals surface area contributed by atoms with Crippen LogP contribution in [0.5, 0.6) is 0 Å². The van der Waals surface area contributed by atoms with Gasteiger partial charge in [0, 0.05) is 30.1 Å². The molecule has 2 aliphatic rings. The largest absolute Gasteiger partial charge is 0.461 e. The molecule has 2 aliphatic heterocycles. The van der Waals surface area contributed by atoms with E-state index < -0.39 is 0 Å². The van der Waals surface area contributed by atoms with Crippen molar-refractivity contribution in [1.29, 1.82) is 0 Å². The number of hydrogen-bond acceptors (Lipinski definition) is 4. The molecule has 0 aromatic rings. The van der Waals surface area contributed by atoms with Crippen LogP contribution in [0.1, 0.15) is 47.0 Å². The van der Waals surface area contributed by atoms with Gasteiger partial charge >= 0.3 is 5.97 Å². The van der Waals surface area contributed by atoms with Crippen LogP contribution < -0.4 is 0 Å². The van der Waals surface area contributed by atoms with E-state index >= 15 is 0 Å². The fourth-order valence-corrected chi connectivity index (χ4v) is 4.04. The molecule has 0 aliphatic carbocycles. The lowest BCUT2D eigenvalue weighted by Gasteiger charge is -2.55. The highest BCUT2D eigenvalue weighted by Gasteiger charge is 2.48. The number of ether oxygens (including phenoxy) is 1. The molecule has 130 valence electrons. The summed E-state index contributed by atoms with van der Waals surface area (Å²) in [4.78, 5) is 28.8. The van der Waals surface area contributed by atoms with Crippen LogP contribution in [0.4, 0.5) is 0 Å². The Labute approximate surface area is 139 Å². The Morgan fingerprint density at radius 1 is 1.30 bits per heavy atom. The van der Waals surface area contributed by atoms with E-state index in [0.29, 0.717) is 6.54 Å². The first-order valence-corrected chi connectivity index (χ1v) is 8.39. The van der Waals surface area contributed by atoms with E-state index in [1.54, 1.807) is 6.08 Å². The van der Waals surface area contributed by atoms with Crippen LogP contribution in [0.15, 0.2) is 12.7 Å². The van der Waals surface area contributed by atoms with Crippen molar-refractivity contribution in [2.45, 2.75) is 64.1 Å². The molecule has 0 aromatic carbocycles. The van der Waals surface area contributed by atoms with Gasteiger partial charge in [0.2, 0.25) is 5.91 Å². The average molecular weight is 322 g/mol. The molecule has 0 radical (unpaired) electrons. The summed E-state index contributed by atoms with van der Waals surface area (Å²) >= 11 is 0. The van der Waals surface area contributed by atoms with Crippen LogP contribution in [-0.4, -0.2) is 59.0 Å². The maximum Gasteiger partial charge on any atom is 0.311 e. The van der Waals surface area contributed by atoms with Crippen LogP contribution in [0.25, 0.3) is 0 Å². The predicted molar refractivity (Wildman–Crippen MR) is 89.9 cm³/mol. The molecule has 2 fully saturated rings. The molecule has 1 unspecified atom stereocenters. The Hall–Kier alpha value is -1.36. The van der Waals surface area contributed by atoms with Crippen LogP contribution in [0, 0.1) is 5.92 Å². The van der Waals surface area contributed by atoms with Crippen molar-refractivity contribution in [3.8, 4) is 0 Å². The third-order valence-electron chi connectivity index (χ3n) is 5.56. The number of likely N-dealkylation sites (tertiary alicyclic amines) is 2. The normalized spacial score (nSPS) is 28.0. The molecule has 5 nitrogen and oxygen atoms in total. The molecule has 2 heterocycles. The summed E-state index contributed by atoms with van der Waals surface area (Å²) in [6.45, 7) is 13.1. The number of carbonyl (C=O) groups excluding carboxylic acids is 2. The molecule has 0 aromatic heterocycles. The molecule has 1 amide bonds. The second kappa shape index (κ2) is 6.27. The smallest absolute Gasteiger partial charge is 0.311 e. The van der Waals surface area contributed by atoms with Gasteiger partial charge in [0.25, 0.3) is 0 Å². The molecule has 2 rings (SSSR count). The van der Waals surface area contributed by atoms with Gasteiger partial charge in [0.15, 0.2) is 0 Å². The fourth-order valence-electron chi connectivity index (χ4n) is 4.04. The summed E-state index contributed by atoms with van der Waals surface area (Å²) in [5.41, 5.74) is 0.0439. The Bertz CT molecular complexity index is 480. The lowest BCUT2D eigenvalue weighted by Crippen LogP contribution is -2.62. The van der Waals surface area contributed by atoms with Crippen molar-refractivity contribution in [2.24, 2.45) is 5.92 Å². The lowest BCUT2D eigenvalue weighted by atomic mass is 9.77. The summed E-state index contributed by atoms with van der Waals surface area (Å²) in [5, 5.41) is 0. The van der Waals surface area contributed by atoms with Gasteiger partial charge in [-0.15, -0.1) is 0 Å². The molecular formula is C18H30N2O3. The monoisotopic (exact) mass is 322 g/mol. The second-order valence-corrected chi connectivity index (χ2v) is 8.11. The zero-order valence-electron chi connectivity index (χ0n) is 15.1. The zero-order chi connectivity index (χ0) is 17.4. The van der Waals surface area contributed by atoms with Crippen LogP contribution >= 0.6 is 0 Å². The molecule has 23 heavy (non-hydrogen) atoms. The number of amides is 1. The van der Waals surface area contributed by atoms with Crippen molar-refractivity contribution in [2.75, 3.05) is 20.2 Å². The number of hydrogen-bond donors (Lipinski definition) is 0. The van der Waals surface area contributed by atoms with E-state index in [4.69, 9.17) is 4.74 Å². The molecule has 0 N–H and O–H groups in total. The highest BCUT2D eigenvalue weighted by Crippen LogP contribution is 2.40. The standard InChI is InChI=1S/C18H30N2O3/c1-7-8-23-16(22)13-9-15(21)20(12-13)14-10-17(2,3)19(6)18(4,5)11-14/h7,13-14H,1,8-12H2,2-6H3. The van der Waals surface area contributed by atoms with Crippen LogP contribution in [0.2, 0.25) is 0 Å². The Balaban J connectivity index is 2.08. The van der Waals surface area contributed by atoms with Crippen molar-refractivity contribution >= 4 is 11.9 Å². The van der Waals surface area contributed by atoms with Gasteiger partial charge in [-0.05, 0) is 47.6 Å². The van der Waals surface area contributed by atoms with Crippen LogP contribution in [-0.2, 0) is 14.3 Å². The van der Waals surface area contributed by atoms with Gasteiger partial charge in [-0.1, -0.05) is 12.7 Å². The second-order valence-electron chi connectivity index (χ2n) is 8.11. The highest BCUT2D eigenvalue weighted by atomic mass is 16.5. The number of piperidine rings is 1. The predicted octanol–water partition coefficient (Wildman–Crippen LogP) is 2.22. The maximum atomic E-state index is 12.5. The lowest BCUT2D eigenvalue weighted by molar-refractivity contribution is -0.147. The van der Waals surface area contributed by atoms with E-state index in [1.165, 1.54) is 0 Å². The highest BCUT2D eigenvalue weighted by molar-refractivity contribution is 5.87. The summed E-state index contributed by atoms with van der Waals surface area (Å²) in [5.74, 6) is -0.549.